The number of halogens is 3. The number of urea groups is 1. The maximum atomic E-state index is 12.7. The molecule has 0 aliphatic heterocycles. The van der Waals surface area contributed by atoms with Crippen LogP contribution in [0.1, 0.15) is 30.4 Å². The number of aliphatic carboxylic acids is 1. The Kier molecular flexibility index (Phi) is 4.30. The monoisotopic (exact) mass is 316 g/mol. The fourth-order valence-corrected chi connectivity index (χ4v) is 2.15. The van der Waals surface area contributed by atoms with E-state index in [0.29, 0.717) is 18.4 Å². The molecule has 3 N–H and O–H groups in total. The molecule has 1 aromatic carbocycles. The van der Waals surface area contributed by atoms with Gasteiger partial charge in [-0.25, -0.2) is 4.79 Å². The van der Waals surface area contributed by atoms with Crippen LogP contribution >= 0.6 is 0 Å². The fourth-order valence-electron chi connectivity index (χ4n) is 2.15. The Morgan fingerprint density at radius 1 is 1.27 bits per heavy atom. The minimum Gasteiger partial charge on any atom is -0.481 e. The van der Waals surface area contributed by atoms with Crippen molar-refractivity contribution in [2.45, 2.75) is 31.0 Å². The van der Waals surface area contributed by atoms with Crippen LogP contribution < -0.4 is 10.6 Å². The number of benzene rings is 1. The molecule has 1 aliphatic carbocycles. The van der Waals surface area contributed by atoms with Gasteiger partial charge in [0.15, 0.2) is 0 Å². The molecule has 0 heterocycles. The molecule has 22 heavy (non-hydrogen) atoms. The number of nitrogens with one attached hydrogen (secondary N) is 2. The lowest BCUT2D eigenvalue weighted by Gasteiger charge is -2.19. The van der Waals surface area contributed by atoms with Crippen molar-refractivity contribution in [3.63, 3.8) is 0 Å². The highest BCUT2D eigenvalue weighted by molar-refractivity contribution is 5.76. The molecule has 8 heteroatoms. The number of hydrogen-bond acceptors (Lipinski definition) is 2. The molecular weight excluding hydrogens is 301 g/mol. The summed E-state index contributed by atoms with van der Waals surface area (Å²) in [4.78, 5) is 22.1. The summed E-state index contributed by atoms with van der Waals surface area (Å²) in [6.45, 7) is -0.0418. The van der Waals surface area contributed by atoms with Gasteiger partial charge in [0, 0.05) is 6.54 Å². The molecule has 0 saturated heterocycles. The second-order valence-electron chi connectivity index (χ2n) is 5.19. The number of carboxylic acids is 1. The molecule has 1 aromatic rings. The van der Waals surface area contributed by atoms with E-state index >= 15 is 0 Å². The molecule has 2 rings (SSSR count). The Labute approximate surface area is 124 Å². The maximum Gasteiger partial charge on any atom is 0.416 e. The summed E-state index contributed by atoms with van der Waals surface area (Å²) in [7, 11) is 0. The Morgan fingerprint density at radius 2 is 1.95 bits per heavy atom. The molecule has 0 atom stereocenters. The number of alkyl halides is 3. The minimum absolute atomic E-state index is 0.0418. The Morgan fingerprint density at radius 3 is 2.50 bits per heavy atom. The van der Waals surface area contributed by atoms with Gasteiger partial charge >= 0.3 is 18.2 Å². The normalized spacial score (nSPS) is 16.0. The van der Waals surface area contributed by atoms with E-state index in [-0.39, 0.29) is 13.0 Å². The summed E-state index contributed by atoms with van der Waals surface area (Å²) >= 11 is 0. The molecule has 0 bridgehead atoms. The fraction of sp³-hybridized carbons (Fsp3) is 0.429. The second-order valence-corrected chi connectivity index (χ2v) is 5.19. The number of carbonyl (C=O) groups excluding carboxylic acids is 1. The Bertz CT molecular complexity index is 583. The van der Waals surface area contributed by atoms with Crippen LogP contribution in [0.15, 0.2) is 24.3 Å². The molecule has 1 fully saturated rings. The molecule has 0 aromatic heterocycles. The van der Waals surface area contributed by atoms with Gasteiger partial charge in [0.2, 0.25) is 0 Å². The molecule has 5 nitrogen and oxygen atoms in total. The lowest BCUT2D eigenvalue weighted by molar-refractivity contribution is -0.138. The van der Waals surface area contributed by atoms with Crippen molar-refractivity contribution in [3.05, 3.63) is 35.4 Å². The van der Waals surface area contributed by atoms with Gasteiger partial charge in [-0.1, -0.05) is 12.1 Å². The van der Waals surface area contributed by atoms with Crippen molar-refractivity contribution < 1.29 is 27.9 Å². The van der Waals surface area contributed by atoms with Crippen molar-refractivity contribution in [1.82, 2.24) is 10.6 Å². The quantitative estimate of drug-likeness (QED) is 0.781. The van der Waals surface area contributed by atoms with Crippen molar-refractivity contribution >= 4 is 12.0 Å². The van der Waals surface area contributed by atoms with Gasteiger partial charge in [0.05, 0.1) is 17.5 Å². The second kappa shape index (κ2) is 5.86. The largest absolute Gasteiger partial charge is 0.481 e. The first-order valence-electron chi connectivity index (χ1n) is 6.68. The first-order chi connectivity index (χ1) is 10.2. The van der Waals surface area contributed by atoms with E-state index in [1.807, 2.05) is 0 Å². The third kappa shape index (κ3) is 3.90. The summed E-state index contributed by atoms with van der Waals surface area (Å²) in [5.41, 5.74) is -1.16. The zero-order valence-corrected chi connectivity index (χ0v) is 11.5. The summed E-state index contributed by atoms with van der Waals surface area (Å²) in [5.74, 6) is -1.04. The van der Waals surface area contributed by atoms with Gasteiger partial charge < -0.3 is 15.7 Å². The van der Waals surface area contributed by atoms with E-state index in [2.05, 4.69) is 10.6 Å². The highest BCUT2D eigenvalue weighted by atomic mass is 19.4. The SMILES string of the molecule is O=C(O)CCNC(=O)NC1(c2cccc(C(F)(F)F)c2)CC1. The van der Waals surface area contributed by atoms with Crippen molar-refractivity contribution in [2.24, 2.45) is 0 Å². The summed E-state index contributed by atoms with van der Waals surface area (Å²) < 4.78 is 38.2. The van der Waals surface area contributed by atoms with Gasteiger partial charge in [-0.15, -0.1) is 0 Å². The highest BCUT2D eigenvalue weighted by Crippen LogP contribution is 2.46. The summed E-state index contributed by atoms with van der Waals surface area (Å²) in [6.07, 6.45) is -3.57. The lowest BCUT2D eigenvalue weighted by Crippen LogP contribution is -2.42. The molecule has 0 radical (unpaired) electrons. The molecular formula is C14H15F3N2O3. The summed E-state index contributed by atoms with van der Waals surface area (Å²) in [6, 6.07) is 4.27. The number of carbonyl (C=O) groups is 2. The van der Waals surface area contributed by atoms with Crippen LogP contribution in [0.3, 0.4) is 0 Å². The average Bonchev–Trinajstić information content (AvgIpc) is 3.18. The maximum absolute atomic E-state index is 12.7. The molecule has 1 saturated carbocycles. The van der Waals surface area contributed by atoms with Gasteiger partial charge in [-0.2, -0.15) is 13.2 Å². The van der Waals surface area contributed by atoms with Crippen LogP contribution in [-0.2, 0) is 16.5 Å². The van der Waals surface area contributed by atoms with Gasteiger partial charge in [0.25, 0.3) is 0 Å². The topological polar surface area (TPSA) is 78.4 Å². The zero-order chi connectivity index (χ0) is 16.4. The van der Waals surface area contributed by atoms with E-state index < -0.39 is 29.3 Å². The summed E-state index contributed by atoms with van der Waals surface area (Å²) in [5, 5.41) is 13.5. The van der Waals surface area contributed by atoms with Gasteiger partial charge in [-0.3, -0.25) is 4.79 Å². The average molecular weight is 316 g/mol. The van der Waals surface area contributed by atoms with Crippen molar-refractivity contribution in [2.75, 3.05) is 6.54 Å². The Hall–Kier alpha value is -2.25. The predicted molar refractivity (Wildman–Crippen MR) is 71.1 cm³/mol. The van der Waals surface area contributed by atoms with Crippen LogP contribution in [0, 0.1) is 0 Å². The van der Waals surface area contributed by atoms with Crippen LogP contribution in [0.5, 0.6) is 0 Å². The smallest absolute Gasteiger partial charge is 0.416 e. The van der Waals surface area contributed by atoms with E-state index in [9.17, 15) is 22.8 Å². The standard InChI is InChI=1S/C14H15F3N2O3/c15-14(16,17)10-3-1-2-9(8-10)13(5-6-13)19-12(22)18-7-4-11(20)21/h1-3,8H,4-7H2,(H,20,21)(H2,18,19,22). The molecule has 1 aliphatic rings. The van der Waals surface area contributed by atoms with E-state index in [1.54, 1.807) is 6.07 Å². The zero-order valence-electron chi connectivity index (χ0n) is 11.5. The third-order valence-electron chi connectivity index (χ3n) is 3.47. The number of carboxylic acid groups (broad SMARTS) is 1. The third-order valence-corrected chi connectivity index (χ3v) is 3.47. The molecule has 120 valence electrons. The van der Waals surface area contributed by atoms with E-state index in [1.165, 1.54) is 6.07 Å². The van der Waals surface area contributed by atoms with Gasteiger partial charge in [-0.05, 0) is 30.5 Å². The minimum atomic E-state index is -4.43. The van der Waals surface area contributed by atoms with Crippen LogP contribution in [0.4, 0.5) is 18.0 Å². The van der Waals surface area contributed by atoms with E-state index in [0.717, 1.165) is 12.1 Å². The first kappa shape index (κ1) is 16.1. The molecule has 2 amide bonds. The molecule has 0 spiro atoms. The van der Waals surface area contributed by atoms with E-state index in [4.69, 9.17) is 5.11 Å². The molecule has 0 unspecified atom stereocenters. The van der Waals surface area contributed by atoms with Gasteiger partial charge in [0.1, 0.15) is 0 Å². The first-order valence-corrected chi connectivity index (χ1v) is 6.68. The Balaban J connectivity index is 2.02. The van der Waals surface area contributed by atoms with Crippen LogP contribution in [-0.4, -0.2) is 23.7 Å². The number of hydrogen-bond donors (Lipinski definition) is 3. The number of amides is 2. The highest BCUT2D eigenvalue weighted by Gasteiger charge is 2.46. The lowest BCUT2D eigenvalue weighted by atomic mass is 10.0. The predicted octanol–water partition coefficient (Wildman–Crippen LogP) is 2.47. The van der Waals surface area contributed by atoms with Crippen molar-refractivity contribution in [1.29, 1.82) is 0 Å². The van der Waals surface area contributed by atoms with Crippen LogP contribution in [0.25, 0.3) is 0 Å². The number of rotatable bonds is 5. The van der Waals surface area contributed by atoms with Crippen LogP contribution in [0.2, 0.25) is 0 Å². The van der Waals surface area contributed by atoms with Crippen molar-refractivity contribution in [3.8, 4) is 0 Å².